The molecule has 9 heteroatoms. The summed E-state index contributed by atoms with van der Waals surface area (Å²) < 4.78 is 28.8. The number of hydrogen-bond acceptors (Lipinski definition) is 4. The van der Waals surface area contributed by atoms with Crippen molar-refractivity contribution in [2.75, 3.05) is 39.3 Å². The Morgan fingerprint density at radius 2 is 1.42 bits per heavy atom. The van der Waals surface area contributed by atoms with Gasteiger partial charge in [-0.1, -0.05) is 19.3 Å². The fourth-order valence-electron chi connectivity index (χ4n) is 4.28. The molecule has 2 heterocycles. The molecule has 26 heavy (non-hydrogen) atoms. The summed E-state index contributed by atoms with van der Waals surface area (Å²) in [5.74, 6) is 0.431. The maximum atomic E-state index is 12.8. The summed E-state index contributed by atoms with van der Waals surface area (Å²) in [5, 5.41) is 0. The van der Waals surface area contributed by atoms with E-state index in [0.29, 0.717) is 51.6 Å². The lowest BCUT2D eigenvalue weighted by Crippen LogP contribution is -2.54. The minimum absolute atomic E-state index is 0. The Labute approximate surface area is 163 Å². The molecule has 1 aliphatic carbocycles. The van der Waals surface area contributed by atoms with Gasteiger partial charge < -0.3 is 10.6 Å². The maximum absolute atomic E-state index is 12.8. The highest BCUT2D eigenvalue weighted by molar-refractivity contribution is 7.86. The second-order valence-corrected chi connectivity index (χ2v) is 9.59. The molecule has 0 bridgehead atoms. The highest BCUT2D eigenvalue weighted by Crippen LogP contribution is 2.27. The van der Waals surface area contributed by atoms with Gasteiger partial charge in [-0.15, -0.1) is 12.4 Å². The molecule has 152 valence electrons. The largest absolute Gasteiger partial charge is 0.340 e. The number of piperazine rings is 1. The van der Waals surface area contributed by atoms with E-state index in [1.165, 1.54) is 0 Å². The molecular weight excluding hydrogens is 376 g/mol. The van der Waals surface area contributed by atoms with E-state index in [9.17, 15) is 13.2 Å². The van der Waals surface area contributed by atoms with Crippen molar-refractivity contribution in [1.82, 2.24) is 13.5 Å². The smallest absolute Gasteiger partial charge is 0.282 e. The predicted octanol–water partition coefficient (Wildman–Crippen LogP) is 1.19. The number of nitrogens with two attached hydrogens (primary N) is 1. The second kappa shape index (κ2) is 9.68. The summed E-state index contributed by atoms with van der Waals surface area (Å²) in [6.07, 6.45) is 7.78. The third-order valence-corrected chi connectivity index (χ3v) is 8.00. The number of carbonyl (C=O) groups is 1. The molecule has 0 aromatic rings. The Kier molecular flexibility index (Phi) is 8.15. The molecule has 7 nitrogen and oxygen atoms in total. The van der Waals surface area contributed by atoms with Gasteiger partial charge in [0.1, 0.15) is 0 Å². The molecule has 2 aliphatic heterocycles. The molecule has 0 unspecified atom stereocenters. The van der Waals surface area contributed by atoms with Gasteiger partial charge in [-0.05, 0) is 31.6 Å². The van der Waals surface area contributed by atoms with E-state index in [4.69, 9.17) is 5.73 Å². The van der Waals surface area contributed by atoms with Crippen molar-refractivity contribution in [3.8, 4) is 0 Å². The summed E-state index contributed by atoms with van der Waals surface area (Å²) >= 11 is 0. The Bertz CT molecular complexity index is 558. The van der Waals surface area contributed by atoms with Gasteiger partial charge in [-0.2, -0.15) is 17.0 Å². The van der Waals surface area contributed by atoms with Crippen LogP contribution in [0.3, 0.4) is 0 Å². The molecule has 1 amide bonds. The van der Waals surface area contributed by atoms with E-state index in [-0.39, 0.29) is 24.4 Å². The Hall–Kier alpha value is -0.410. The Balaban J connectivity index is 0.00000243. The summed E-state index contributed by atoms with van der Waals surface area (Å²) in [6.45, 7) is 3.05. The third-order valence-electron chi connectivity index (χ3n) is 5.96. The monoisotopic (exact) mass is 408 g/mol. The quantitative estimate of drug-likeness (QED) is 0.756. The van der Waals surface area contributed by atoms with E-state index in [0.717, 1.165) is 44.9 Å². The van der Waals surface area contributed by atoms with Crippen molar-refractivity contribution in [3.63, 3.8) is 0 Å². The van der Waals surface area contributed by atoms with Crippen LogP contribution >= 0.6 is 12.4 Å². The van der Waals surface area contributed by atoms with E-state index in [1.807, 2.05) is 4.90 Å². The summed E-state index contributed by atoms with van der Waals surface area (Å²) in [6, 6.07) is 0.147. The van der Waals surface area contributed by atoms with Gasteiger partial charge in [0, 0.05) is 51.7 Å². The van der Waals surface area contributed by atoms with Crippen LogP contribution < -0.4 is 5.73 Å². The first-order valence-electron chi connectivity index (χ1n) is 9.77. The molecule has 3 aliphatic rings. The normalized spacial score (nSPS) is 29.2. The number of rotatable bonds is 4. The predicted molar refractivity (Wildman–Crippen MR) is 104 cm³/mol. The molecular formula is C17H33ClN4O3S. The molecule has 3 rings (SSSR count). The van der Waals surface area contributed by atoms with Crippen LogP contribution in [0.15, 0.2) is 0 Å². The van der Waals surface area contributed by atoms with Gasteiger partial charge in [0.15, 0.2) is 0 Å². The van der Waals surface area contributed by atoms with Crippen molar-refractivity contribution < 1.29 is 13.2 Å². The van der Waals surface area contributed by atoms with Crippen LogP contribution in [0.25, 0.3) is 0 Å². The topological polar surface area (TPSA) is 87.0 Å². The van der Waals surface area contributed by atoms with Gasteiger partial charge in [0.25, 0.3) is 10.2 Å². The number of halogens is 1. The number of carbonyl (C=O) groups excluding carboxylic acids is 1. The average molecular weight is 409 g/mol. The fraction of sp³-hybridized carbons (Fsp3) is 0.941. The van der Waals surface area contributed by atoms with Gasteiger partial charge in [-0.25, -0.2) is 0 Å². The molecule has 0 aromatic heterocycles. The first kappa shape index (κ1) is 21.9. The lowest BCUT2D eigenvalue weighted by molar-refractivity contribution is -0.133. The molecule has 0 radical (unpaired) electrons. The molecule has 2 atom stereocenters. The van der Waals surface area contributed by atoms with E-state index >= 15 is 0 Å². The van der Waals surface area contributed by atoms with Crippen LogP contribution in [-0.2, 0) is 15.0 Å². The van der Waals surface area contributed by atoms with Crippen LogP contribution in [0.1, 0.15) is 51.4 Å². The SMILES string of the molecule is Cl.N[C@@H]1CCC[C@H]1CC(=O)N1CCN(S(=O)(=O)N2CCCCCC2)CC1. The highest BCUT2D eigenvalue weighted by atomic mass is 35.5. The van der Waals surface area contributed by atoms with Gasteiger partial charge >= 0.3 is 0 Å². The van der Waals surface area contributed by atoms with Gasteiger partial charge in [0.2, 0.25) is 5.91 Å². The Morgan fingerprint density at radius 1 is 0.846 bits per heavy atom. The minimum Gasteiger partial charge on any atom is -0.340 e. The zero-order valence-corrected chi connectivity index (χ0v) is 17.1. The maximum Gasteiger partial charge on any atom is 0.282 e. The molecule has 1 saturated carbocycles. The standard InChI is InChI=1S/C17H32N4O3S.ClH/c18-16-7-5-6-15(16)14-17(22)19-10-12-21(13-11-19)25(23,24)20-8-3-1-2-4-9-20;/h15-16H,1-14,18H2;1H/t15-,16+;/m0./s1. The summed E-state index contributed by atoms with van der Waals surface area (Å²) in [5.41, 5.74) is 6.07. The van der Waals surface area contributed by atoms with E-state index in [2.05, 4.69) is 0 Å². The van der Waals surface area contributed by atoms with Crippen LogP contribution in [0.4, 0.5) is 0 Å². The second-order valence-electron chi connectivity index (χ2n) is 7.66. The molecule has 2 N–H and O–H groups in total. The number of hydrogen-bond donors (Lipinski definition) is 1. The van der Waals surface area contributed by atoms with Crippen molar-refractivity contribution >= 4 is 28.5 Å². The summed E-state index contributed by atoms with van der Waals surface area (Å²) in [7, 11) is -3.38. The van der Waals surface area contributed by atoms with Crippen molar-refractivity contribution in [2.24, 2.45) is 11.7 Å². The van der Waals surface area contributed by atoms with Crippen LogP contribution in [0, 0.1) is 5.92 Å². The summed E-state index contributed by atoms with van der Waals surface area (Å²) in [4.78, 5) is 14.3. The number of amides is 1. The number of nitrogens with zero attached hydrogens (tertiary/aromatic N) is 3. The minimum atomic E-state index is -3.38. The van der Waals surface area contributed by atoms with Crippen molar-refractivity contribution in [3.05, 3.63) is 0 Å². The fourth-order valence-corrected chi connectivity index (χ4v) is 5.95. The molecule has 3 fully saturated rings. The highest BCUT2D eigenvalue weighted by Gasteiger charge is 2.34. The third kappa shape index (κ3) is 5.10. The van der Waals surface area contributed by atoms with Crippen LogP contribution in [-0.4, -0.2) is 73.1 Å². The Morgan fingerprint density at radius 3 is 1.96 bits per heavy atom. The van der Waals surface area contributed by atoms with Crippen LogP contribution in [0.2, 0.25) is 0 Å². The lowest BCUT2D eigenvalue weighted by Gasteiger charge is -2.37. The van der Waals surface area contributed by atoms with E-state index in [1.54, 1.807) is 8.61 Å². The van der Waals surface area contributed by atoms with Crippen molar-refractivity contribution in [2.45, 2.75) is 57.4 Å². The van der Waals surface area contributed by atoms with Gasteiger partial charge in [-0.3, -0.25) is 4.79 Å². The average Bonchev–Trinajstić information content (AvgIpc) is 2.85. The molecule has 0 aromatic carbocycles. The van der Waals surface area contributed by atoms with Gasteiger partial charge in [0.05, 0.1) is 0 Å². The zero-order chi connectivity index (χ0) is 17.9. The molecule has 0 spiro atoms. The first-order valence-corrected chi connectivity index (χ1v) is 11.2. The first-order chi connectivity index (χ1) is 12.0. The lowest BCUT2D eigenvalue weighted by atomic mass is 9.99. The van der Waals surface area contributed by atoms with Crippen LogP contribution in [0.5, 0.6) is 0 Å². The molecule has 2 saturated heterocycles. The van der Waals surface area contributed by atoms with Crippen molar-refractivity contribution in [1.29, 1.82) is 0 Å². The van der Waals surface area contributed by atoms with E-state index < -0.39 is 10.2 Å². The zero-order valence-electron chi connectivity index (χ0n) is 15.5.